The predicted molar refractivity (Wildman–Crippen MR) is 63.1 cm³/mol. The number of nitrogens with one attached hydrogen (secondary N) is 1. The third kappa shape index (κ3) is 2.83. The van der Waals surface area contributed by atoms with Gasteiger partial charge in [0.2, 0.25) is 0 Å². The summed E-state index contributed by atoms with van der Waals surface area (Å²) >= 11 is 0. The quantitative estimate of drug-likeness (QED) is 0.812. The smallest absolute Gasteiger partial charge is 0.312 e. The van der Waals surface area contributed by atoms with Crippen molar-refractivity contribution in [3.05, 3.63) is 23.4 Å². The van der Waals surface area contributed by atoms with Crippen molar-refractivity contribution in [1.29, 1.82) is 0 Å². The molecule has 0 aliphatic carbocycles. The molecule has 0 aromatic carbocycles. The average molecular weight is 256 g/mol. The summed E-state index contributed by atoms with van der Waals surface area (Å²) in [6.07, 6.45) is 0.375. The number of pyridine rings is 1. The van der Waals surface area contributed by atoms with E-state index in [4.69, 9.17) is 4.18 Å². The lowest BCUT2D eigenvalue weighted by atomic mass is 10.1. The van der Waals surface area contributed by atoms with Gasteiger partial charge < -0.3 is 5.32 Å². The maximum Gasteiger partial charge on any atom is 0.314 e. The lowest BCUT2D eigenvalue weighted by Gasteiger charge is -2.17. The fourth-order valence-corrected chi connectivity index (χ4v) is 2.82. The van der Waals surface area contributed by atoms with Crippen molar-refractivity contribution in [1.82, 2.24) is 10.3 Å². The molecule has 0 saturated heterocycles. The van der Waals surface area contributed by atoms with Gasteiger partial charge >= 0.3 is 10.1 Å². The number of hydrogen-bond acceptors (Lipinski definition) is 5. The average Bonchev–Trinajstić information content (AvgIpc) is 2.26. The van der Waals surface area contributed by atoms with Crippen LogP contribution in [0.2, 0.25) is 0 Å². The van der Waals surface area contributed by atoms with E-state index in [1.807, 2.05) is 0 Å². The molecule has 17 heavy (non-hydrogen) atoms. The summed E-state index contributed by atoms with van der Waals surface area (Å²) in [5.74, 6) is 0. The SMILES string of the molecule is CC(C)OS(=O)(=O)c1ccc2c(n1)CCNC2. The molecule has 2 rings (SSSR count). The molecule has 0 amide bonds. The van der Waals surface area contributed by atoms with E-state index < -0.39 is 10.1 Å². The van der Waals surface area contributed by atoms with Crippen LogP contribution in [0.5, 0.6) is 0 Å². The van der Waals surface area contributed by atoms with E-state index in [1.165, 1.54) is 6.07 Å². The van der Waals surface area contributed by atoms with Crippen molar-refractivity contribution < 1.29 is 12.6 Å². The van der Waals surface area contributed by atoms with Crippen LogP contribution in [0, 0.1) is 0 Å². The number of hydrogen-bond donors (Lipinski definition) is 1. The molecule has 0 bridgehead atoms. The Bertz CT molecular complexity index is 511. The first-order valence-electron chi connectivity index (χ1n) is 5.62. The van der Waals surface area contributed by atoms with Crippen molar-refractivity contribution in [3.8, 4) is 0 Å². The maximum atomic E-state index is 11.8. The second-order valence-corrected chi connectivity index (χ2v) is 5.80. The van der Waals surface area contributed by atoms with E-state index in [9.17, 15) is 8.42 Å². The summed E-state index contributed by atoms with van der Waals surface area (Å²) in [6, 6.07) is 3.30. The standard InChI is InChI=1S/C11H16N2O3S/c1-8(2)16-17(14,15)11-4-3-9-7-12-6-5-10(9)13-11/h3-4,8,12H,5-7H2,1-2H3. The van der Waals surface area contributed by atoms with Crippen molar-refractivity contribution in [2.24, 2.45) is 0 Å². The molecule has 1 N–H and O–H groups in total. The first-order chi connectivity index (χ1) is 7.99. The zero-order chi connectivity index (χ0) is 12.5. The number of rotatable bonds is 3. The van der Waals surface area contributed by atoms with Gasteiger partial charge in [-0.25, -0.2) is 4.98 Å². The Hall–Kier alpha value is -0.980. The highest BCUT2D eigenvalue weighted by atomic mass is 32.2. The van der Waals surface area contributed by atoms with Crippen LogP contribution in [0.25, 0.3) is 0 Å². The van der Waals surface area contributed by atoms with Gasteiger partial charge in [0.1, 0.15) is 0 Å². The Morgan fingerprint density at radius 1 is 1.41 bits per heavy atom. The van der Waals surface area contributed by atoms with E-state index >= 15 is 0 Å². The van der Waals surface area contributed by atoms with Crippen LogP contribution in [0.3, 0.4) is 0 Å². The van der Waals surface area contributed by atoms with Gasteiger partial charge in [0, 0.05) is 25.2 Å². The van der Waals surface area contributed by atoms with Crippen molar-refractivity contribution in [2.75, 3.05) is 6.54 Å². The van der Waals surface area contributed by atoms with Gasteiger partial charge in [-0.2, -0.15) is 8.42 Å². The van der Waals surface area contributed by atoms with E-state index in [1.54, 1.807) is 19.9 Å². The van der Waals surface area contributed by atoms with Gasteiger partial charge in [-0.15, -0.1) is 0 Å². The maximum absolute atomic E-state index is 11.8. The van der Waals surface area contributed by atoms with E-state index in [0.29, 0.717) is 0 Å². The monoisotopic (exact) mass is 256 g/mol. The van der Waals surface area contributed by atoms with Gasteiger partial charge in [-0.1, -0.05) is 6.07 Å². The van der Waals surface area contributed by atoms with E-state index in [2.05, 4.69) is 10.3 Å². The first kappa shape index (κ1) is 12.5. The zero-order valence-electron chi connectivity index (χ0n) is 9.93. The zero-order valence-corrected chi connectivity index (χ0v) is 10.8. The first-order valence-corrected chi connectivity index (χ1v) is 7.02. The van der Waals surface area contributed by atoms with Crippen LogP contribution >= 0.6 is 0 Å². The van der Waals surface area contributed by atoms with Crippen molar-refractivity contribution in [2.45, 2.75) is 37.9 Å². The molecule has 0 atom stereocenters. The molecule has 5 nitrogen and oxygen atoms in total. The van der Waals surface area contributed by atoms with Gasteiger partial charge in [0.05, 0.1) is 6.10 Å². The van der Waals surface area contributed by atoms with Crippen molar-refractivity contribution in [3.63, 3.8) is 0 Å². The van der Waals surface area contributed by atoms with Crippen LogP contribution in [-0.4, -0.2) is 26.1 Å². The Kier molecular flexibility index (Phi) is 3.46. The molecular formula is C11H16N2O3S. The van der Waals surface area contributed by atoms with Gasteiger partial charge in [-0.3, -0.25) is 4.18 Å². The summed E-state index contributed by atoms with van der Waals surface area (Å²) in [5, 5.41) is 3.22. The normalized spacial score (nSPS) is 15.9. The van der Waals surface area contributed by atoms with Crippen molar-refractivity contribution >= 4 is 10.1 Å². The lowest BCUT2D eigenvalue weighted by molar-refractivity contribution is 0.247. The molecule has 1 aromatic heterocycles. The highest BCUT2D eigenvalue weighted by Gasteiger charge is 2.21. The molecule has 0 unspecified atom stereocenters. The molecule has 0 saturated carbocycles. The molecule has 0 spiro atoms. The number of nitrogens with zero attached hydrogens (tertiary/aromatic N) is 1. The third-order valence-electron chi connectivity index (χ3n) is 2.47. The fourth-order valence-electron chi connectivity index (χ4n) is 1.76. The van der Waals surface area contributed by atoms with Crippen LogP contribution < -0.4 is 5.32 Å². The third-order valence-corrected chi connectivity index (χ3v) is 3.85. The summed E-state index contributed by atoms with van der Waals surface area (Å²) in [4.78, 5) is 4.19. The van der Waals surface area contributed by atoms with Gasteiger partial charge in [0.25, 0.3) is 0 Å². The van der Waals surface area contributed by atoms with Crippen LogP contribution in [-0.2, 0) is 27.3 Å². The minimum Gasteiger partial charge on any atom is -0.312 e. The fraction of sp³-hybridized carbons (Fsp3) is 0.545. The summed E-state index contributed by atoms with van der Waals surface area (Å²) in [6.45, 7) is 4.93. The topological polar surface area (TPSA) is 68.3 Å². The lowest BCUT2D eigenvalue weighted by Crippen LogP contribution is -2.25. The molecule has 6 heteroatoms. The molecule has 1 aliphatic rings. The Labute approximate surface area is 101 Å². The molecule has 1 aliphatic heterocycles. The highest BCUT2D eigenvalue weighted by Crippen LogP contribution is 2.17. The predicted octanol–water partition coefficient (Wildman–Crippen LogP) is 0.841. The second-order valence-electron chi connectivity index (χ2n) is 4.28. The minimum atomic E-state index is -3.72. The van der Waals surface area contributed by atoms with Gasteiger partial charge in [-0.05, 0) is 25.5 Å². The van der Waals surface area contributed by atoms with E-state index in [-0.39, 0.29) is 11.1 Å². The molecule has 1 aromatic rings. The highest BCUT2D eigenvalue weighted by molar-refractivity contribution is 7.86. The summed E-state index contributed by atoms with van der Waals surface area (Å²) < 4.78 is 28.6. The molecule has 0 fully saturated rings. The van der Waals surface area contributed by atoms with Gasteiger partial charge in [0.15, 0.2) is 5.03 Å². The molecule has 2 heterocycles. The Morgan fingerprint density at radius 3 is 2.88 bits per heavy atom. The van der Waals surface area contributed by atoms with Crippen LogP contribution in [0.4, 0.5) is 0 Å². The number of fused-ring (bicyclic) bond motifs is 1. The van der Waals surface area contributed by atoms with E-state index in [0.717, 1.165) is 30.8 Å². The molecule has 0 radical (unpaired) electrons. The Morgan fingerprint density at radius 2 is 2.18 bits per heavy atom. The Balaban J connectivity index is 2.34. The minimum absolute atomic E-state index is 0.00634. The summed E-state index contributed by atoms with van der Waals surface area (Å²) in [7, 11) is -3.72. The van der Waals surface area contributed by atoms with Crippen LogP contribution in [0.1, 0.15) is 25.1 Å². The number of aromatic nitrogens is 1. The molecule has 94 valence electrons. The summed E-state index contributed by atoms with van der Waals surface area (Å²) in [5.41, 5.74) is 1.90. The molecular weight excluding hydrogens is 240 g/mol. The second kappa shape index (κ2) is 4.72. The van der Waals surface area contributed by atoms with Crippen LogP contribution in [0.15, 0.2) is 17.2 Å². The largest absolute Gasteiger partial charge is 0.314 e.